The lowest BCUT2D eigenvalue weighted by atomic mass is 9.81. The molecule has 1 aromatic heterocycles. The van der Waals surface area contributed by atoms with Gasteiger partial charge in [-0.05, 0) is 79.7 Å². The number of nitrogens with zero attached hydrogens (tertiary/aromatic N) is 4. The van der Waals surface area contributed by atoms with Crippen molar-refractivity contribution < 1.29 is 13.9 Å². The molecule has 2 aromatic rings. The Bertz CT molecular complexity index is 1580. The van der Waals surface area contributed by atoms with Crippen LogP contribution < -0.4 is 25.5 Å². The highest BCUT2D eigenvalue weighted by Crippen LogP contribution is 2.42. The number of hydrogen-bond donors (Lipinski definition) is 1. The van der Waals surface area contributed by atoms with Crippen LogP contribution in [0.3, 0.4) is 0 Å². The second kappa shape index (κ2) is 12.5. The Balaban J connectivity index is 1.18. The minimum atomic E-state index is 0.113. The SMILES string of the molecule is C\C(C1=CCC(C)c2ccccc21)=C(Cl)/C=c1/c(N2CC3CCC(C2)N3)nc(OCCCN2CCOC3(CC3)C2)n/c1=C\F. The molecule has 4 heterocycles. The molecule has 4 fully saturated rings. The van der Waals surface area contributed by atoms with Crippen LogP contribution in [0.15, 0.2) is 40.9 Å². The van der Waals surface area contributed by atoms with Gasteiger partial charge in [0.2, 0.25) is 0 Å². The summed E-state index contributed by atoms with van der Waals surface area (Å²) in [5.74, 6) is 1.14. The molecule has 3 atom stereocenters. The van der Waals surface area contributed by atoms with Crippen molar-refractivity contribution >= 4 is 35.4 Å². The predicted octanol–water partition coefficient (Wildman–Crippen LogP) is 4.64. The minimum absolute atomic E-state index is 0.113. The minimum Gasteiger partial charge on any atom is -0.463 e. The number of anilines is 1. The maximum absolute atomic E-state index is 14.6. The molecule has 44 heavy (non-hydrogen) atoms. The summed E-state index contributed by atoms with van der Waals surface area (Å²) in [4.78, 5) is 14.1. The molecule has 2 bridgehead atoms. The summed E-state index contributed by atoms with van der Waals surface area (Å²) in [7, 11) is 0. The first-order valence-electron chi connectivity index (χ1n) is 16.3. The van der Waals surface area contributed by atoms with Crippen LogP contribution in [0.4, 0.5) is 10.2 Å². The molecule has 3 saturated heterocycles. The van der Waals surface area contributed by atoms with Gasteiger partial charge in [-0.3, -0.25) is 4.90 Å². The fraction of sp³-hybridized carbons (Fsp3) is 0.543. The Morgan fingerprint density at radius 1 is 1.20 bits per heavy atom. The molecule has 1 saturated carbocycles. The van der Waals surface area contributed by atoms with Crippen LogP contribution in [-0.4, -0.2) is 78.5 Å². The van der Waals surface area contributed by atoms with Crippen molar-refractivity contribution in [2.24, 2.45) is 0 Å². The topological polar surface area (TPSA) is 62.8 Å². The zero-order valence-corrected chi connectivity index (χ0v) is 26.6. The number of fused-ring (bicyclic) bond motifs is 3. The van der Waals surface area contributed by atoms with Crippen LogP contribution in [0.1, 0.15) is 69.4 Å². The standard InChI is InChI=1S/C35H43ClFN5O2/c1-23-8-11-28(29-7-4-3-6-27(23)29)24(2)31(36)18-30-32(19-37)39-34(40-33(30)42-20-25-9-10-26(21-42)38-25)43-16-5-14-41-15-17-44-35(22-41)12-13-35/h3-4,6-7,11,18-19,23,25-26,38H,5,8-10,12-17,20-22H2,1-2H3/b30-18+,31-24-,32-19-. The lowest BCUT2D eigenvalue weighted by Crippen LogP contribution is -2.53. The van der Waals surface area contributed by atoms with Crippen molar-refractivity contribution in [1.29, 1.82) is 0 Å². The van der Waals surface area contributed by atoms with Crippen LogP contribution in [0.2, 0.25) is 0 Å². The Kier molecular flexibility index (Phi) is 8.53. The third-order valence-corrected chi connectivity index (χ3v) is 10.4. The van der Waals surface area contributed by atoms with E-state index in [0.29, 0.717) is 47.0 Å². The van der Waals surface area contributed by atoms with Crippen molar-refractivity contribution in [2.45, 2.75) is 76.0 Å². The lowest BCUT2D eigenvalue weighted by molar-refractivity contribution is -0.0468. The van der Waals surface area contributed by atoms with Crippen LogP contribution in [0.5, 0.6) is 6.01 Å². The third kappa shape index (κ3) is 6.19. The second-order valence-corrected chi connectivity index (χ2v) is 13.7. The number of allylic oxidation sites excluding steroid dienone is 4. The van der Waals surface area contributed by atoms with Gasteiger partial charge >= 0.3 is 6.01 Å². The zero-order valence-electron chi connectivity index (χ0n) is 25.8. The summed E-state index contributed by atoms with van der Waals surface area (Å²) in [5.41, 5.74) is 4.73. The van der Waals surface area contributed by atoms with Crippen molar-refractivity contribution in [1.82, 2.24) is 20.2 Å². The predicted molar refractivity (Wildman–Crippen MR) is 174 cm³/mol. The molecule has 2 aliphatic carbocycles. The normalized spacial score (nSPS) is 27.3. The van der Waals surface area contributed by atoms with Crippen molar-refractivity contribution in [3.63, 3.8) is 0 Å². The van der Waals surface area contributed by atoms with E-state index in [0.717, 1.165) is 76.2 Å². The number of morpholine rings is 1. The van der Waals surface area contributed by atoms with E-state index in [-0.39, 0.29) is 17.0 Å². The van der Waals surface area contributed by atoms with Crippen LogP contribution >= 0.6 is 11.6 Å². The Hall–Kier alpha value is -2.78. The molecule has 1 aromatic carbocycles. The molecule has 0 radical (unpaired) electrons. The number of hydrogen-bond acceptors (Lipinski definition) is 7. The molecule has 9 heteroatoms. The molecular formula is C35H43ClFN5O2. The molecule has 1 spiro atoms. The monoisotopic (exact) mass is 619 g/mol. The summed E-state index contributed by atoms with van der Waals surface area (Å²) in [6.45, 7) is 10.0. The maximum atomic E-state index is 14.6. The van der Waals surface area contributed by atoms with Crippen LogP contribution in [0.25, 0.3) is 18.0 Å². The molecule has 0 amide bonds. The molecule has 1 N–H and O–H groups in total. The molecule has 3 unspecified atom stereocenters. The Morgan fingerprint density at radius 2 is 2.00 bits per heavy atom. The summed E-state index contributed by atoms with van der Waals surface area (Å²) >= 11 is 7.07. The zero-order chi connectivity index (χ0) is 30.3. The van der Waals surface area contributed by atoms with Gasteiger partial charge in [0.1, 0.15) is 17.5 Å². The Morgan fingerprint density at radius 3 is 2.77 bits per heavy atom. The van der Waals surface area contributed by atoms with E-state index < -0.39 is 0 Å². The highest BCUT2D eigenvalue weighted by atomic mass is 35.5. The Labute approximate surface area is 264 Å². The maximum Gasteiger partial charge on any atom is 0.319 e. The van der Waals surface area contributed by atoms with E-state index in [1.807, 2.05) is 13.0 Å². The summed E-state index contributed by atoms with van der Waals surface area (Å²) in [6.07, 6.45) is 11.1. The van der Waals surface area contributed by atoms with Gasteiger partial charge in [0, 0.05) is 55.1 Å². The van der Waals surface area contributed by atoms with Gasteiger partial charge in [-0.1, -0.05) is 48.9 Å². The van der Waals surface area contributed by atoms with E-state index in [1.165, 1.54) is 24.0 Å². The van der Waals surface area contributed by atoms with Gasteiger partial charge in [0.25, 0.3) is 0 Å². The fourth-order valence-electron chi connectivity index (χ4n) is 7.38. The first-order valence-corrected chi connectivity index (χ1v) is 16.7. The van der Waals surface area contributed by atoms with Gasteiger partial charge in [0.05, 0.1) is 18.8 Å². The summed E-state index contributed by atoms with van der Waals surface area (Å²) < 4.78 is 26.7. The highest BCUT2D eigenvalue weighted by molar-refractivity contribution is 6.35. The van der Waals surface area contributed by atoms with Crippen LogP contribution in [-0.2, 0) is 4.74 Å². The summed E-state index contributed by atoms with van der Waals surface area (Å²) in [6, 6.07) is 9.50. The number of benzene rings is 1. The highest BCUT2D eigenvalue weighted by Gasteiger charge is 2.47. The number of halogens is 2. The molecule has 7 rings (SSSR count). The number of nitrogens with one attached hydrogen (secondary N) is 1. The second-order valence-electron chi connectivity index (χ2n) is 13.2. The smallest absolute Gasteiger partial charge is 0.319 e. The van der Waals surface area contributed by atoms with Gasteiger partial charge in [-0.2, -0.15) is 9.97 Å². The van der Waals surface area contributed by atoms with Crippen molar-refractivity contribution in [3.05, 3.63) is 62.6 Å². The number of rotatable bonds is 8. The molecule has 5 aliphatic rings. The first kappa shape index (κ1) is 29.9. The van der Waals surface area contributed by atoms with E-state index in [2.05, 4.69) is 57.4 Å². The van der Waals surface area contributed by atoms with Gasteiger partial charge in [-0.15, -0.1) is 0 Å². The van der Waals surface area contributed by atoms with Gasteiger partial charge in [0.15, 0.2) is 0 Å². The van der Waals surface area contributed by atoms with Crippen molar-refractivity contribution in [2.75, 3.05) is 50.8 Å². The average Bonchev–Trinajstić information content (AvgIpc) is 3.70. The largest absolute Gasteiger partial charge is 0.463 e. The lowest BCUT2D eigenvalue weighted by Gasteiger charge is -2.34. The van der Waals surface area contributed by atoms with Crippen molar-refractivity contribution in [3.8, 4) is 6.01 Å². The molecular weight excluding hydrogens is 577 g/mol. The average molecular weight is 620 g/mol. The quantitative estimate of drug-likeness (QED) is 0.432. The molecule has 234 valence electrons. The van der Waals surface area contributed by atoms with E-state index in [4.69, 9.17) is 26.1 Å². The third-order valence-electron chi connectivity index (χ3n) is 10.0. The number of ether oxygens (including phenoxy) is 2. The number of piperazine rings is 1. The van der Waals surface area contributed by atoms with E-state index >= 15 is 0 Å². The molecule has 3 aliphatic heterocycles. The fourth-order valence-corrected chi connectivity index (χ4v) is 7.59. The van der Waals surface area contributed by atoms with Gasteiger partial charge in [-0.25, -0.2) is 4.39 Å². The van der Waals surface area contributed by atoms with Gasteiger partial charge < -0.3 is 19.7 Å². The summed E-state index contributed by atoms with van der Waals surface area (Å²) in [5, 5.41) is 5.02. The first-order chi connectivity index (χ1) is 21.4. The van der Waals surface area contributed by atoms with E-state index in [1.54, 1.807) is 0 Å². The van der Waals surface area contributed by atoms with Crippen LogP contribution in [0, 0.1) is 0 Å². The number of aromatic nitrogens is 2. The molecule has 7 nitrogen and oxygen atoms in total. The van der Waals surface area contributed by atoms with E-state index in [9.17, 15) is 4.39 Å².